The van der Waals surface area contributed by atoms with Crippen LogP contribution in [0.1, 0.15) is 22.3 Å². The van der Waals surface area contributed by atoms with Crippen LogP contribution in [0.3, 0.4) is 0 Å². The predicted molar refractivity (Wildman–Crippen MR) is 108 cm³/mol. The van der Waals surface area contributed by atoms with E-state index in [0.29, 0.717) is 27.2 Å². The van der Waals surface area contributed by atoms with Crippen LogP contribution in [0, 0.1) is 0 Å². The van der Waals surface area contributed by atoms with Gasteiger partial charge in [0.25, 0.3) is 5.91 Å². The second-order valence-electron chi connectivity index (χ2n) is 6.21. The zero-order valence-corrected chi connectivity index (χ0v) is 15.8. The van der Waals surface area contributed by atoms with Gasteiger partial charge in [-0.05, 0) is 36.6 Å². The lowest BCUT2D eigenvalue weighted by Gasteiger charge is -2.29. The van der Waals surface area contributed by atoms with E-state index in [1.165, 1.54) is 18.0 Å². The summed E-state index contributed by atoms with van der Waals surface area (Å²) in [5.41, 5.74) is 3.10. The van der Waals surface area contributed by atoms with Crippen LogP contribution in [-0.2, 0) is 6.42 Å². The smallest absolute Gasteiger partial charge is 0.258 e. The van der Waals surface area contributed by atoms with Crippen molar-refractivity contribution in [2.45, 2.75) is 12.8 Å². The number of carbonyl (C=O) groups is 1. The van der Waals surface area contributed by atoms with Crippen molar-refractivity contribution < 1.29 is 4.79 Å². The van der Waals surface area contributed by atoms with E-state index in [1.807, 2.05) is 12.1 Å². The molecule has 0 unspecified atom stereocenters. The van der Waals surface area contributed by atoms with Crippen molar-refractivity contribution in [1.29, 1.82) is 0 Å². The van der Waals surface area contributed by atoms with E-state index >= 15 is 0 Å². The first-order chi connectivity index (χ1) is 13.1. The predicted octanol–water partition coefficient (Wildman–Crippen LogP) is 5.12. The third-order valence-corrected chi connectivity index (χ3v) is 5.08. The van der Waals surface area contributed by atoms with Crippen molar-refractivity contribution in [3.63, 3.8) is 0 Å². The zero-order valence-electron chi connectivity index (χ0n) is 14.3. The molecule has 1 amide bonds. The molecule has 0 bridgehead atoms. The fourth-order valence-corrected chi connectivity index (χ4v) is 3.61. The van der Waals surface area contributed by atoms with Crippen LogP contribution in [0.5, 0.6) is 0 Å². The number of hydrogen-bond donors (Lipinski definition) is 1. The highest BCUT2D eigenvalue weighted by Crippen LogP contribution is 2.32. The molecule has 2 aromatic carbocycles. The Balaban J connectivity index is 1.56. The van der Waals surface area contributed by atoms with Crippen LogP contribution in [0.4, 0.5) is 17.3 Å². The maximum Gasteiger partial charge on any atom is 0.258 e. The summed E-state index contributed by atoms with van der Waals surface area (Å²) >= 11 is 12.2. The number of amides is 1. The molecule has 2 heterocycles. The Labute approximate surface area is 167 Å². The van der Waals surface area contributed by atoms with E-state index in [0.717, 1.165) is 25.1 Å². The third-order valence-electron chi connectivity index (χ3n) is 4.45. The van der Waals surface area contributed by atoms with Crippen molar-refractivity contribution in [3.05, 3.63) is 76.0 Å². The van der Waals surface area contributed by atoms with E-state index < -0.39 is 0 Å². The standard InChI is InChI=1S/C20H16Cl2N4O/c21-15-7-3-8-16(22)18(15)25-19(27)14-11-23-20(24-12-14)26-10-4-6-13-5-1-2-9-17(13)26/h1-3,5,7-9,11-12H,4,6,10H2,(H,25,27). The van der Waals surface area contributed by atoms with Gasteiger partial charge in [-0.2, -0.15) is 0 Å². The lowest BCUT2D eigenvalue weighted by molar-refractivity contribution is 0.102. The summed E-state index contributed by atoms with van der Waals surface area (Å²) in [6.45, 7) is 0.845. The van der Waals surface area contributed by atoms with Crippen molar-refractivity contribution in [3.8, 4) is 0 Å². The molecule has 5 nitrogen and oxygen atoms in total. The number of benzene rings is 2. The van der Waals surface area contributed by atoms with Gasteiger partial charge in [0, 0.05) is 24.6 Å². The number of carbonyl (C=O) groups excluding carboxylic acids is 1. The number of aromatic nitrogens is 2. The molecule has 1 aliphatic rings. The first-order valence-electron chi connectivity index (χ1n) is 8.56. The molecule has 0 radical (unpaired) electrons. The zero-order chi connectivity index (χ0) is 18.8. The van der Waals surface area contributed by atoms with Gasteiger partial charge in [0.15, 0.2) is 0 Å². The average Bonchev–Trinajstić information content (AvgIpc) is 2.70. The number of anilines is 3. The Morgan fingerprint density at radius 1 is 1.00 bits per heavy atom. The molecule has 4 rings (SSSR count). The van der Waals surface area contributed by atoms with Gasteiger partial charge >= 0.3 is 0 Å². The molecule has 27 heavy (non-hydrogen) atoms. The Kier molecular flexibility index (Phi) is 4.97. The van der Waals surface area contributed by atoms with Crippen LogP contribution >= 0.6 is 23.2 Å². The van der Waals surface area contributed by atoms with Gasteiger partial charge in [-0.25, -0.2) is 9.97 Å². The summed E-state index contributed by atoms with van der Waals surface area (Å²) in [6, 6.07) is 13.3. The summed E-state index contributed by atoms with van der Waals surface area (Å²) in [6.07, 6.45) is 5.11. The largest absolute Gasteiger partial charge is 0.319 e. The van der Waals surface area contributed by atoms with Crippen LogP contribution in [0.25, 0.3) is 0 Å². The van der Waals surface area contributed by atoms with E-state index in [4.69, 9.17) is 23.2 Å². The van der Waals surface area contributed by atoms with E-state index in [9.17, 15) is 4.79 Å². The number of fused-ring (bicyclic) bond motifs is 1. The van der Waals surface area contributed by atoms with Gasteiger partial charge in [-0.15, -0.1) is 0 Å². The molecule has 0 atom stereocenters. The molecule has 0 aliphatic carbocycles. The number of aryl methyl sites for hydroxylation is 1. The van der Waals surface area contributed by atoms with Crippen molar-refractivity contribution in [2.75, 3.05) is 16.8 Å². The minimum atomic E-state index is -0.365. The summed E-state index contributed by atoms with van der Waals surface area (Å²) in [5.74, 6) is 0.213. The molecule has 1 N–H and O–H groups in total. The van der Waals surface area contributed by atoms with E-state index in [2.05, 4.69) is 32.3 Å². The Hall–Kier alpha value is -2.63. The highest BCUT2D eigenvalue weighted by molar-refractivity contribution is 6.40. The minimum Gasteiger partial charge on any atom is -0.319 e. The van der Waals surface area contributed by atoms with Crippen LogP contribution in [-0.4, -0.2) is 22.4 Å². The lowest BCUT2D eigenvalue weighted by Crippen LogP contribution is -2.26. The lowest BCUT2D eigenvalue weighted by atomic mass is 10.0. The summed E-state index contributed by atoms with van der Waals surface area (Å²) in [7, 11) is 0. The van der Waals surface area contributed by atoms with Crippen molar-refractivity contribution in [2.24, 2.45) is 0 Å². The van der Waals surface area contributed by atoms with E-state index in [1.54, 1.807) is 18.2 Å². The molecule has 0 fully saturated rings. The first kappa shape index (κ1) is 17.8. The quantitative estimate of drug-likeness (QED) is 0.664. The second-order valence-corrected chi connectivity index (χ2v) is 7.02. The third kappa shape index (κ3) is 3.61. The van der Waals surface area contributed by atoms with Gasteiger partial charge in [0.05, 0.1) is 21.3 Å². The van der Waals surface area contributed by atoms with Gasteiger partial charge in [-0.1, -0.05) is 47.5 Å². The highest BCUT2D eigenvalue weighted by Gasteiger charge is 2.20. The number of halogens is 2. The second kappa shape index (κ2) is 7.55. The normalized spacial score (nSPS) is 13.2. The molecular formula is C20H16Cl2N4O. The van der Waals surface area contributed by atoms with Gasteiger partial charge < -0.3 is 10.2 Å². The molecule has 7 heteroatoms. The van der Waals surface area contributed by atoms with Crippen LogP contribution < -0.4 is 10.2 Å². The highest BCUT2D eigenvalue weighted by atomic mass is 35.5. The molecule has 0 saturated carbocycles. The van der Waals surface area contributed by atoms with Crippen molar-refractivity contribution in [1.82, 2.24) is 9.97 Å². The van der Waals surface area contributed by atoms with E-state index in [-0.39, 0.29) is 5.91 Å². The van der Waals surface area contributed by atoms with Crippen LogP contribution in [0.15, 0.2) is 54.9 Å². The average molecular weight is 399 g/mol. The van der Waals surface area contributed by atoms with Crippen molar-refractivity contribution >= 4 is 46.4 Å². The number of nitrogens with zero attached hydrogens (tertiary/aromatic N) is 3. The Morgan fingerprint density at radius 2 is 1.70 bits per heavy atom. The van der Waals surface area contributed by atoms with Gasteiger partial charge in [0.2, 0.25) is 5.95 Å². The minimum absolute atomic E-state index is 0.333. The maximum absolute atomic E-state index is 12.5. The number of rotatable bonds is 3. The number of para-hydroxylation sites is 2. The van der Waals surface area contributed by atoms with Gasteiger partial charge in [0.1, 0.15) is 0 Å². The molecule has 1 aromatic heterocycles. The summed E-state index contributed by atoms with van der Waals surface area (Å²) in [5, 5.41) is 3.46. The summed E-state index contributed by atoms with van der Waals surface area (Å²) < 4.78 is 0. The molecule has 136 valence electrons. The molecule has 0 saturated heterocycles. The monoisotopic (exact) mass is 398 g/mol. The summed E-state index contributed by atoms with van der Waals surface area (Å²) in [4.78, 5) is 23.4. The fraction of sp³-hybridized carbons (Fsp3) is 0.150. The maximum atomic E-state index is 12.5. The Bertz CT molecular complexity index is 971. The Morgan fingerprint density at radius 3 is 2.44 bits per heavy atom. The SMILES string of the molecule is O=C(Nc1c(Cl)cccc1Cl)c1cnc(N2CCCc3ccccc32)nc1. The molecule has 1 aliphatic heterocycles. The molecular weight excluding hydrogens is 383 g/mol. The topological polar surface area (TPSA) is 58.1 Å². The van der Waals surface area contributed by atoms with Crippen LogP contribution in [0.2, 0.25) is 10.0 Å². The molecule has 0 spiro atoms. The number of nitrogens with one attached hydrogen (secondary N) is 1. The molecule has 3 aromatic rings. The first-order valence-corrected chi connectivity index (χ1v) is 9.32. The fourth-order valence-electron chi connectivity index (χ4n) is 3.12. The number of hydrogen-bond acceptors (Lipinski definition) is 4. The van der Waals surface area contributed by atoms with Gasteiger partial charge in [-0.3, -0.25) is 4.79 Å².